The van der Waals surface area contributed by atoms with Crippen molar-refractivity contribution < 1.29 is 4.79 Å². The lowest BCUT2D eigenvalue weighted by atomic mass is 9.99. The predicted octanol–water partition coefficient (Wildman–Crippen LogP) is 2.45. The molecule has 0 radical (unpaired) electrons. The summed E-state index contributed by atoms with van der Waals surface area (Å²) >= 11 is 0. The van der Waals surface area contributed by atoms with Crippen LogP contribution in [-0.2, 0) is 4.79 Å². The Balaban J connectivity index is 1.45. The molecule has 3 saturated carbocycles. The van der Waals surface area contributed by atoms with Crippen molar-refractivity contribution in [3.63, 3.8) is 0 Å². The molecule has 1 amide bonds. The summed E-state index contributed by atoms with van der Waals surface area (Å²) in [7, 11) is 0. The topological polar surface area (TPSA) is 52.9 Å². The molecular formula is C17H18N2O. The molecule has 0 aromatic heterocycles. The van der Waals surface area contributed by atoms with Crippen LogP contribution in [0.1, 0.15) is 30.7 Å². The molecule has 20 heavy (non-hydrogen) atoms. The van der Waals surface area contributed by atoms with Crippen LogP contribution in [0.5, 0.6) is 0 Å². The lowest BCUT2D eigenvalue weighted by molar-refractivity contribution is -0.121. The molecule has 0 spiro atoms. The van der Waals surface area contributed by atoms with Gasteiger partial charge in [0.1, 0.15) is 5.92 Å². The second-order valence-corrected chi connectivity index (χ2v) is 6.50. The van der Waals surface area contributed by atoms with Crippen molar-refractivity contribution in [2.45, 2.75) is 31.2 Å². The lowest BCUT2D eigenvalue weighted by Gasteiger charge is -2.13. The molecule has 3 aliphatic carbocycles. The fraction of sp³-hybridized carbons (Fsp3) is 0.529. The number of benzene rings is 1. The zero-order chi connectivity index (χ0) is 13.7. The number of nitrogens with zero attached hydrogens (tertiary/aromatic N) is 1. The highest BCUT2D eigenvalue weighted by Crippen LogP contribution is 2.65. The van der Waals surface area contributed by atoms with Gasteiger partial charge in [0.05, 0.1) is 6.07 Å². The van der Waals surface area contributed by atoms with Gasteiger partial charge in [0.15, 0.2) is 0 Å². The lowest BCUT2D eigenvalue weighted by Crippen LogP contribution is -2.33. The van der Waals surface area contributed by atoms with Crippen LogP contribution in [0.2, 0.25) is 0 Å². The van der Waals surface area contributed by atoms with Gasteiger partial charge in [0, 0.05) is 6.04 Å². The molecule has 3 fully saturated rings. The highest BCUT2D eigenvalue weighted by atomic mass is 16.2. The third-order valence-corrected chi connectivity index (χ3v) is 5.57. The Morgan fingerprint density at radius 2 is 1.85 bits per heavy atom. The molecular weight excluding hydrogens is 248 g/mol. The first kappa shape index (κ1) is 12.0. The number of rotatable bonds is 3. The summed E-state index contributed by atoms with van der Waals surface area (Å²) in [6.45, 7) is 0. The van der Waals surface area contributed by atoms with Crippen LogP contribution in [0.4, 0.5) is 0 Å². The molecule has 5 unspecified atom stereocenters. The second kappa shape index (κ2) is 4.34. The van der Waals surface area contributed by atoms with Crippen molar-refractivity contribution in [1.29, 1.82) is 5.26 Å². The number of amides is 1. The molecule has 0 saturated heterocycles. The van der Waals surface area contributed by atoms with Gasteiger partial charge in [-0.3, -0.25) is 4.79 Å². The third kappa shape index (κ3) is 1.67. The molecule has 4 rings (SSSR count). The molecule has 0 aliphatic heterocycles. The average Bonchev–Trinajstić information content (AvgIpc) is 2.85. The Kier molecular flexibility index (Phi) is 2.60. The molecule has 3 aliphatic rings. The largest absolute Gasteiger partial charge is 0.351 e. The average molecular weight is 266 g/mol. The predicted molar refractivity (Wildman–Crippen MR) is 74.5 cm³/mol. The SMILES string of the molecule is N#CC(C(=O)NC1C2C3CCC(C3)C12)c1ccccc1. The summed E-state index contributed by atoms with van der Waals surface area (Å²) in [5.74, 6) is 2.33. The maximum Gasteiger partial charge on any atom is 0.242 e. The van der Waals surface area contributed by atoms with Gasteiger partial charge in [0.2, 0.25) is 5.91 Å². The van der Waals surface area contributed by atoms with Crippen molar-refractivity contribution in [2.24, 2.45) is 23.7 Å². The van der Waals surface area contributed by atoms with Gasteiger partial charge in [-0.25, -0.2) is 0 Å². The first-order valence-corrected chi connectivity index (χ1v) is 7.54. The summed E-state index contributed by atoms with van der Waals surface area (Å²) in [6.07, 6.45) is 4.07. The Bertz CT molecular complexity index is 560. The van der Waals surface area contributed by atoms with Crippen molar-refractivity contribution in [3.8, 4) is 6.07 Å². The molecule has 5 atom stereocenters. The number of hydrogen-bond acceptors (Lipinski definition) is 2. The standard InChI is InChI=1S/C17H18N2O/c18-9-13(10-4-2-1-3-5-10)17(20)19-16-14-11-6-7-12(8-11)15(14)16/h1-5,11-16H,6-8H2,(H,19,20). The van der Waals surface area contributed by atoms with Gasteiger partial charge in [-0.15, -0.1) is 0 Å². The number of carbonyl (C=O) groups is 1. The highest BCUT2D eigenvalue weighted by Gasteiger charge is 2.65. The van der Waals surface area contributed by atoms with Gasteiger partial charge in [0.25, 0.3) is 0 Å². The van der Waals surface area contributed by atoms with E-state index in [1.165, 1.54) is 19.3 Å². The Morgan fingerprint density at radius 1 is 1.20 bits per heavy atom. The van der Waals surface area contributed by atoms with Crippen LogP contribution >= 0.6 is 0 Å². The minimum atomic E-state index is -0.671. The summed E-state index contributed by atoms with van der Waals surface area (Å²) in [5.41, 5.74) is 0.793. The fourth-order valence-electron chi connectivity index (χ4n) is 4.70. The fourth-order valence-corrected chi connectivity index (χ4v) is 4.70. The monoisotopic (exact) mass is 266 g/mol. The molecule has 1 aromatic carbocycles. The number of nitrogens with one attached hydrogen (secondary N) is 1. The summed E-state index contributed by atoms with van der Waals surface area (Å²) in [5, 5.41) is 12.4. The van der Waals surface area contributed by atoms with E-state index in [-0.39, 0.29) is 5.91 Å². The minimum Gasteiger partial charge on any atom is -0.351 e. The third-order valence-electron chi connectivity index (χ3n) is 5.57. The number of fused-ring (bicyclic) bond motifs is 5. The van der Waals surface area contributed by atoms with E-state index in [9.17, 15) is 10.1 Å². The van der Waals surface area contributed by atoms with Crippen LogP contribution in [0, 0.1) is 35.0 Å². The maximum absolute atomic E-state index is 12.4. The van der Waals surface area contributed by atoms with Crippen LogP contribution in [0.25, 0.3) is 0 Å². The van der Waals surface area contributed by atoms with Gasteiger partial charge >= 0.3 is 0 Å². The van der Waals surface area contributed by atoms with Crippen LogP contribution in [0.3, 0.4) is 0 Å². The highest BCUT2D eigenvalue weighted by molar-refractivity contribution is 5.87. The molecule has 1 aromatic rings. The van der Waals surface area contributed by atoms with E-state index in [0.29, 0.717) is 17.9 Å². The Morgan fingerprint density at radius 3 is 2.45 bits per heavy atom. The van der Waals surface area contributed by atoms with Gasteiger partial charge in [-0.05, 0) is 48.5 Å². The quantitative estimate of drug-likeness (QED) is 0.913. The van der Waals surface area contributed by atoms with E-state index < -0.39 is 5.92 Å². The van der Waals surface area contributed by atoms with Crippen molar-refractivity contribution in [2.75, 3.05) is 0 Å². The van der Waals surface area contributed by atoms with E-state index in [1.807, 2.05) is 30.3 Å². The molecule has 3 nitrogen and oxygen atoms in total. The number of hydrogen-bond donors (Lipinski definition) is 1. The number of nitriles is 1. The van der Waals surface area contributed by atoms with Crippen molar-refractivity contribution >= 4 is 5.91 Å². The molecule has 2 bridgehead atoms. The molecule has 102 valence electrons. The molecule has 3 heteroatoms. The summed E-state index contributed by atoms with van der Waals surface area (Å²) in [4.78, 5) is 12.4. The van der Waals surface area contributed by atoms with Crippen LogP contribution < -0.4 is 5.32 Å². The van der Waals surface area contributed by atoms with Gasteiger partial charge in [-0.2, -0.15) is 5.26 Å². The Hall–Kier alpha value is -1.82. The van der Waals surface area contributed by atoms with Crippen molar-refractivity contribution in [1.82, 2.24) is 5.32 Å². The number of carbonyl (C=O) groups excluding carboxylic acids is 1. The summed E-state index contributed by atoms with van der Waals surface area (Å²) in [6, 6.07) is 11.9. The van der Waals surface area contributed by atoms with E-state index in [0.717, 1.165) is 17.4 Å². The van der Waals surface area contributed by atoms with E-state index >= 15 is 0 Å². The zero-order valence-corrected chi connectivity index (χ0v) is 11.3. The minimum absolute atomic E-state index is 0.113. The van der Waals surface area contributed by atoms with E-state index in [4.69, 9.17) is 0 Å². The Labute approximate surface area is 119 Å². The second-order valence-electron chi connectivity index (χ2n) is 6.50. The normalized spacial score (nSPS) is 37.9. The summed E-state index contributed by atoms with van der Waals surface area (Å²) < 4.78 is 0. The van der Waals surface area contributed by atoms with Crippen molar-refractivity contribution in [3.05, 3.63) is 35.9 Å². The smallest absolute Gasteiger partial charge is 0.242 e. The first-order chi connectivity index (χ1) is 9.79. The van der Waals surface area contributed by atoms with Gasteiger partial charge < -0.3 is 5.32 Å². The molecule has 0 heterocycles. The van der Waals surface area contributed by atoms with Crippen LogP contribution in [0.15, 0.2) is 30.3 Å². The first-order valence-electron chi connectivity index (χ1n) is 7.54. The van der Waals surface area contributed by atoms with Gasteiger partial charge in [-0.1, -0.05) is 30.3 Å². The van der Waals surface area contributed by atoms with E-state index in [2.05, 4.69) is 11.4 Å². The van der Waals surface area contributed by atoms with Crippen LogP contribution in [-0.4, -0.2) is 11.9 Å². The molecule has 1 N–H and O–H groups in total. The zero-order valence-electron chi connectivity index (χ0n) is 11.3. The maximum atomic E-state index is 12.4. The van der Waals surface area contributed by atoms with E-state index in [1.54, 1.807) is 0 Å².